The number of hydrogen-bond acceptors (Lipinski definition) is 4. The molecule has 0 radical (unpaired) electrons. The summed E-state index contributed by atoms with van der Waals surface area (Å²) in [5.74, 6) is -1.25. The molecule has 0 amide bonds. The van der Waals surface area contributed by atoms with Gasteiger partial charge in [0.15, 0.2) is 0 Å². The molecule has 1 aliphatic rings. The number of Topliss-reactive ketones (excluding diaryl/α,β-unsaturated/α-hetero) is 1. The number of hydrogen-bond donors (Lipinski definition) is 0. The molecule has 1 aromatic carbocycles. The Kier molecular flexibility index (Phi) is 5.40. The molecule has 122 valence electrons. The molecule has 7 heteroatoms. The highest BCUT2D eigenvalue weighted by Gasteiger charge is 2.37. The minimum atomic E-state index is -2.09. The number of allylic oxidation sites excluding steroid dienone is 2. The van der Waals surface area contributed by atoms with Crippen molar-refractivity contribution in [3.05, 3.63) is 59.3 Å². The van der Waals surface area contributed by atoms with Crippen LogP contribution in [0.3, 0.4) is 0 Å². The van der Waals surface area contributed by atoms with Crippen LogP contribution in [0, 0.1) is 0 Å². The van der Waals surface area contributed by atoms with Gasteiger partial charge in [-0.1, -0.05) is 65.1 Å². The van der Waals surface area contributed by atoms with Gasteiger partial charge in [-0.05, 0) is 11.6 Å². The fraction of sp³-hybridized carbons (Fsp3) is 0.250. The Labute approximate surface area is 149 Å². The van der Waals surface area contributed by atoms with E-state index in [1.165, 1.54) is 13.2 Å². The molecule has 1 heterocycles. The molecule has 1 aromatic rings. The lowest BCUT2D eigenvalue weighted by Gasteiger charge is -2.32. The number of ketones is 1. The summed E-state index contributed by atoms with van der Waals surface area (Å²) < 4.78 is 2.74. The molecule has 0 aliphatic carbocycles. The van der Waals surface area contributed by atoms with Gasteiger partial charge in [0, 0.05) is 18.8 Å². The molecule has 0 saturated heterocycles. The van der Waals surface area contributed by atoms with E-state index in [2.05, 4.69) is 0 Å². The van der Waals surface area contributed by atoms with E-state index >= 15 is 0 Å². The number of nitrogens with zero attached hydrogens (tertiary/aromatic N) is 1. The van der Waals surface area contributed by atoms with Gasteiger partial charge in [-0.3, -0.25) is 4.79 Å². The summed E-state index contributed by atoms with van der Waals surface area (Å²) in [7, 11) is 3.01. The Morgan fingerprint density at radius 3 is 2.30 bits per heavy atom. The van der Waals surface area contributed by atoms with Crippen molar-refractivity contribution in [1.29, 1.82) is 0 Å². The zero-order chi connectivity index (χ0) is 17.2. The first-order valence-electron chi connectivity index (χ1n) is 6.66. The molecule has 0 spiro atoms. The van der Waals surface area contributed by atoms with E-state index in [0.717, 1.165) is 5.56 Å². The van der Waals surface area contributed by atoms with Gasteiger partial charge in [0.25, 0.3) is 3.79 Å². The maximum atomic E-state index is 12.2. The van der Waals surface area contributed by atoms with Gasteiger partial charge in [0.1, 0.15) is 0 Å². The highest BCUT2D eigenvalue weighted by molar-refractivity contribution is 6.77. The van der Waals surface area contributed by atoms with E-state index in [-0.39, 0.29) is 5.57 Å². The third kappa shape index (κ3) is 3.89. The number of ether oxygens (including phenoxy) is 1. The van der Waals surface area contributed by atoms with Crippen LogP contribution < -0.4 is 0 Å². The van der Waals surface area contributed by atoms with Crippen LogP contribution in [0.2, 0.25) is 0 Å². The third-order valence-corrected chi connectivity index (χ3v) is 3.93. The van der Waals surface area contributed by atoms with Crippen molar-refractivity contribution < 1.29 is 14.3 Å². The Morgan fingerprint density at radius 1 is 1.17 bits per heavy atom. The molecule has 0 N–H and O–H groups in total. The maximum Gasteiger partial charge on any atom is 0.336 e. The minimum Gasteiger partial charge on any atom is -0.466 e. The van der Waals surface area contributed by atoms with Crippen LogP contribution in [0.5, 0.6) is 0 Å². The van der Waals surface area contributed by atoms with E-state index in [1.807, 2.05) is 30.3 Å². The van der Waals surface area contributed by atoms with Crippen molar-refractivity contribution in [2.45, 2.75) is 9.83 Å². The van der Waals surface area contributed by atoms with Gasteiger partial charge < -0.3 is 9.64 Å². The number of carbonyl (C=O) groups excluding carboxylic acids is 2. The molecule has 1 atom stereocenters. The number of carbonyl (C=O) groups is 2. The summed E-state index contributed by atoms with van der Waals surface area (Å²) in [4.78, 5) is 26.1. The first-order chi connectivity index (χ1) is 10.8. The van der Waals surface area contributed by atoms with Gasteiger partial charge in [-0.2, -0.15) is 0 Å². The molecule has 1 unspecified atom stereocenters. The SMILES string of the molecule is COC(=O)C1=CC(C(=O)C(Cl)(Cl)Cl)=CN(C)C1c1ccccc1. The number of esters is 1. The summed E-state index contributed by atoms with van der Waals surface area (Å²) in [6.07, 6.45) is 2.96. The first-order valence-corrected chi connectivity index (χ1v) is 7.79. The quantitative estimate of drug-likeness (QED) is 0.599. The van der Waals surface area contributed by atoms with Crippen LogP contribution in [0.1, 0.15) is 11.6 Å². The van der Waals surface area contributed by atoms with E-state index in [4.69, 9.17) is 39.5 Å². The van der Waals surface area contributed by atoms with Crippen molar-refractivity contribution in [3.63, 3.8) is 0 Å². The predicted molar refractivity (Wildman–Crippen MR) is 90.4 cm³/mol. The second-order valence-corrected chi connectivity index (χ2v) is 7.26. The van der Waals surface area contributed by atoms with Gasteiger partial charge >= 0.3 is 5.97 Å². The van der Waals surface area contributed by atoms with E-state index in [0.29, 0.717) is 5.57 Å². The highest BCUT2D eigenvalue weighted by Crippen LogP contribution is 2.37. The molecular formula is C16H14Cl3NO3. The number of likely N-dealkylation sites (N-methyl/N-ethyl adjacent to an activating group) is 1. The first kappa shape index (κ1) is 17.9. The minimum absolute atomic E-state index is 0.125. The van der Waals surface area contributed by atoms with Crippen LogP contribution in [0.15, 0.2) is 53.8 Å². The summed E-state index contributed by atoms with van der Waals surface area (Å²) in [5.41, 5.74) is 1.30. The second kappa shape index (κ2) is 6.95. The average Bonchev–Trinajstić information content (AvgIpc) is 2.52. The summed E-state index contributed by atoms with van der Waals surface area (Å²) >= 11 is 17.0. The van der Waals surface area contributed by atoms with Gasteiger partial charge in [-0.15, -0.1) is 0 Å². The molecule has 0 bridgehead atoms. The second-order valence-electron chi connectivity index (χ2n) is 4.98. The summed E-state index contributed by atoms with van der Waals surface area (Å²) in [5, 5.41) is 0. The van der Waals surface area contributed by atoms with Crippen molar-refractivity contribution in [3.8, 4) is 0 Å². The fourth-order valence-electron chi connectivity index (χ4n) is 2.42. The van der Waals surface area contributed by atoms with Crippen LogP contribution in [-0.2, 0) is 14.3 Å². The topological polar surface area (TPSA) is 46.6 Å². The Morgan fingerprint density at radius 2 is 1.78 bits per heavy atom. The summed E-state index contributed by atoms with van der Waals surface area (Å²) in [6.45, 7) is 0. The van der Waals surface area contributed by atoms with Crippen molar-refractivity contribution in [2.24, 2.45) is 0 Å². The smallest absolute Gasteiger partial charge is 0.336 e. The number of benzene rings is 1. The Balaban J connectivity index is 2.49. The van der Waals surface area contributed by atoms with Gasteiger partial charge in [0.2, 0.25) is 5.78 Å². The van der Waals surface area contributed by atoms with Crippen LogP contribution >= 0.6 is 34.8 Å². The molecule has 4 nitrogen and oxygen atoms in total. The largest absolute Gasteiger partial charge is 0.466 e. The van der Waals surface area contributed by atoms with E-state index < -0.39 is 21.6 Å². The standard InChI is InChI=1S/C16H14Cl3NO3/c1-20-9-11(14(21)16(17,18)19)8-12(15(22)23-2)13(20)10-6-4-3-5-7-10/h3-9,13H,1-2H3. The summed E-state index contributed by atoms with van der Waals surface area (Å²) in [6, 6.07) is 8.98. The van der Waals surface area contributed by atoms with Crippen LogP contribution in [-0.4, -0.2) is 34.6 Å². The average molecular weight is 375 g/mol. The predicted octanol–water partition coefficient (Wildman–Crippen LogP) is 3.60. The molecule has 2 rings (SSSR count). The van der Waals surface area contributed by atoms with Crippen molar-refractivity contribution in [2.75, 3.05) is 14.2 Å². The molecule has 23 heavy (non-hydrogen) atoms. The normalized spacial score (nSPS) is 18.1. The van der Waals surface area contributed by atoms with Crippen molar-refractivity contribution >= 4 is 46.6 Å². The zero-order valence-corrected chi connectivity index (χ0v) is 14.7. The number of rotatable bonds is 3. The fourth-order valence-corrected chi connectivity index (χ4v) is 2.75. The highest BCUT2D eigenvalue weighted by atomic mass is 35.6. The molecule has 0 saturated carbocycles. The Bertz CT molecular complexity index is 678. The van der Waals surface area contributed by atoms with Crippen LogP contribution in [0.25, 0.3) is 0 Å². The number of methoxy groups -OCH3 is 1. The molecular weight excluding hydrogens is 361 g/mol. The zero-order valence-electron chi connectivity index (χ0n) is 12.4. The number of halogens is 3. The van der Waals surface area contributed by atoms with Gasteiger partial charge in [-0.25, -0.2) is 4.79 Å². The van der Waals surface area contributed by atoms with E-state index in [1.54, 1.807) is 18.1 Å². The van der Waals surface area contributed by atoms with Crippen LogP contribution in [0.4, 0.5) is 0 Å². The number of alkyl halides is 3. The lowest BCUT2D eigenvalue weighted by molar-refractivity contribution is -0.136. The Hall–Kier alpha value is -1.49. The maximum absolute atomic E-state index is 12.2. The molecule has 0 fully saturated rings. The van der Waals surface area contributed by atoms with Gasteiger partial charge in [0.05, 0.1) is 18.7 Å². The van der Waals surface area contributed by atoms with Crippen molar-refractivity contribution in [1.82, 2.24) is 4.90 Å². The molecule has 1 aliphatic heterocycles. The monoisotopic (exact) mass is 373 g/mol. The third-order valence-electron chi connectivity index (χ3n) is 3.41. The lowest BCUT2D eigenvalue weighted by Crippen LogP contribution is -2.32. The lowest BCUT2D eigenvalue weighted by atomic mass is 9.92. The molecule has 0 aromatic heterocycles. The van der Waals surface area contributed by atoms with E-state index in [9.17, 15) is 9.59 Å².